The quantitative estimate of drug-likeness (QED) is 0.840. The van der Waals surface area contributed by atoms with Crippen molar-refractivity contribution in [1.29, 1.82) is 0 Å². The molecule has 2 N–H and O–H groups in total. The lowest BCUT2D eigenvalue weighted by atomic mass is 9.93. The maximum atomic E-state index is 13.6. The van der Waals surface area contributed by atoms with Gasteiger partial charge in [0.25, 0.3) is 0 Å². The Labute approximate surface area is 108 Å². The highest BCUT2D eigenvalue weighted by molar-refractivity contribution is 5.31. The van der Waals surface area contributed by atoms with Gasteiger partial charge in [0.15, 0.2) is 11.6 Å². The molecule has 2 atom stereocenters. The van der Waals surface area contributed by atoms with E-state index in [-0.39, 0.29) is 17.9 Å². The van der Waals surface area contributed by atoms with Crippen molar-refractivity contribution in [3.05, 3.63) is 29.6 Å². The molecule has 0 aromatic heterocycles. The fourth-order valence-corrected chi connectivity index (χ4v) is 2.21. The van der Waals surface area contributed by atoms with E-state index in [9.17, 15) is 17.6 Å². The van der Waals surface area contributed by atoms with Gasteiger partial charge < -0.3 is 10.5 Å². The van der Waals surface area contributed by atoms with Gasteiger partial charge in [0.1, 0.15) is 6.10 Å². The number of alkyl halides is 3. The number of rotatable bonds is 2. The minimum absolute atomic E-state index is 0.171. The summed E-state index contributed by atoms with van der Waals surface area (Å²) in [5.41, 5.74) is 4.83. The first-order chi connectivity index (χ1) is 8.88. The second kappa shape index (κ2) is 5.36. The SMILES string of the molecule is NC1CCCCC1Oc1ccc(C(F)(F)F)cc1F. The van der Waals surface area contributed by atoms with Crippen molar-refractivity contribution in [3.8, 4) is 5.75 Å². The molecule has 1 aromatic carbocycles. The molecule has 2 unspecified atom stereocenters. The van der Waals surface area contributed by atoms with Crippen molar-refractivity contribution in [1.82, 2.24) is 0 Å². The Morgan fingerprint density at radius 1 is 1.16 bits per heavy atom. The monoisotopic (exact) mass is 277 g/mol. The molecule has 2 rings (SSSR count). The Morgan fingerprint density at radius 2 is 1.84 bits per heavy atom. The van der Waals surface area contributed by atoms with Crippen molar-refractivity contribution < 1.29 is 22.3 Å². The molecule has 106 valence electrons. The zero-order chi connectivity index (χ0) is 14.0. The van der Waals surface area contributed by atoms with Crippen LogP contribution in [-0.4, -0.2) is 12.1 Å². The van der Waals surface area contributed by atoms with Gasteiger partial charge in [-0.1, -0.05) is 6.42 Å². The zero-order valence-electron chi connectivity index (χ0n) is 10.2. The van der Waals surface area contributed by atoms with Crippen LogP contribution in [0.2, 0.25) is 0 Å². The maximum Gasteiger partial charge on any atom is 0.416 e. The van der Waals surface area contributed by atoms with Crippen molar-refractivity contribution >= 4 is 0 Å². The molecule has 0 radical (unpaired) electrons. The molecule has 1 aliphatic rings. The van der Waals surface area contributed by atoms with Gasteiger partial charge in [-0.25, -0.2) is 4.39 Å². The number of ether oxygens (including phenoxy) is 1. The molecule has 1 fully saturated rings. The van der Waals surface area contributed by atoms with Crippen LogP contribution < -0.4 is 10.5 Å². The largest absolute Gasteiger partial charge is 0.486 e. The maximum absolute atomic E-state index is 13.6. The van der Waals surface area contributed by atoms with E-state index in [0.717, 1.165) is 31.4 Å². The highest BCUT2D eigenvalue weighted by atomic mass is 19.4. The van der Waals surface area contributed by atoms with Crippen molar-refractivity contribution in [3.63, 3.8) is 0 Å². The summed E-state index contributed by atoms with van der Waals surface area (Å²) >= 11 is 0. The van der Waals surface area contributed by atoms with E-state index < -0.39 is 17.6 Å². The van der Waals surface area contributed by atoms with Crippen molar-refractivity contribution in [2.75, 3.05) is 0 Å². The van der Waals surface area contributed by atoms with Gasteiger partial charge in [-0.2, -0.15) is 13.2 Å². The van der Waals surface area contributed by atoms with Crippen LogP contribution in [0.5, 0.6) is 5.75 Å². The molecule has 1 aromatic rings. The van der Waals surface area contributed by atoms with Crippen LogP contribution in [0.25, 0.3) is 0 Å². The fourth-order valence-electron chi connectivity index (χ4n) is 2.21. The Kier molecular flexibility index (Phi) is 3.99. The average molecular weight is 277 g/mol. The fraction of sp³-hybridized carbons (Fsp3) is 0.538. The lowest BCUT2D eigenvalue weighted by Gasteiger charge is -2.29. The normalized spacial score (nSPS) is 24.3. The van der Waals surface area contributed by atoms with E-state index in [0.29, 0.717) is 12.5 Å². The summed E-state index contributed by atoms with van der Waals surface area (Å²) in [5.74, 6) is -1.18. The second-order valence-electron chi connectivity index (χ2n) is 4.75. The van der Waals surface area contributed by atoms with E-state index in [1.165, 1.54) is 0 Å². The van der Waals surface area contributed by atoms with Gasteiger partial charge in [-0.05, 0) is 37.5 Å². The van der Waals surface area contributed by atoms with Crippen LogP contribution in [0, 0.1) is 5.82 Å². The Balaban J connectivity index is 2.13. The molecule has 0 aliphatic heterocycles. The summed E-state index contributed by atoms with van der Waals surface area (Å²) in [7, 11) is 0. The first-order valence-corrected chi connectivity index (χ1v) is 6.17. The standard InChI is InChI=1S/C13H15F4NO/c14-9-7-8(13(15,16)17)5-6-11(9)19-12-4-2-1-3-10(12)18/h5-7,10,12H,1-4,18H2. The van der Waals surface area contributed by atoms with Crippen LogP contribution in [0.15, 0.2) is 18.2 Å². The van der Waals surface area contributed by atoms with E-state index in [4.69, 9.17) is 10.5 Å². The molecule has 6 heteroatoms. The predicted octanol–water partition coefficient (Wildman–Crippen LogP) is 3.49. The topological polar surface area (TPSA) is 35.2 Å². The highest BCUT2D eigenvalue weighted by Gasteiger charge is 2.32. The van der Waals surface area contributed by atoms with Gasteiger partial charge >= 0.3 is 6.18 Å². The highest BCUT2D eigenvalue weighted by Crippen LogP contribution is 2.33. The molecule has 1 aliphatic carbocycles. The summed E-state index contributed by atoms with van der Waals surface area (Å²) in [4.78, 5) is 0. The molecule has 2 nitrogen and oxygen atoms in total. The van der Waals surface area contributed by atoms with Crippen LogP contribution in [-0.2, 0) is 6.18 Å². The smallest absolute Gasteiger partial charge is 0.416 e. The molecule has 0 spiro atoms. The third-order valence-corrected chi connectivity index (χ3v) is 3.29. The Morgan fingerprint density at radius 3 is 2.42 bits per heavy atom. The molecule has 0 bridgehead atoms. The minimum Gasteiger partial charge on any atom is -0.486 e. The molecular formula is C13H15F4NO. The van der Waals surface area contributed by atoms with Crippen molar-refractivity contribution in [2.24, 2.45) is 5.73 Å². The van der Waals surface area contributed by atoms with Crippen LogP contribution in [0.1, 0.15) is 31.2 Å². The number of benzene rings is 1. The summed E-state index contributed by atoms with van der Waals surface area (Å²) < 4.78 is 56.2. The molecule has 0 amide bonds. The third kappa shape index (κ3) is 3.37. The van der Waals surface area contributed by atoms with E-state index in [1.54, 1.807) is 0 Å². The van der Waals surface area contributed by atoms with Gasteiger partial charge in [0.05, 0.1) is 5.56 Å². The average Bonchev–Trinajstić information content (AvgIpc) is 2.33. The van der Waals surface area contributed by atoms with Crippen LogP contribution in [0.3, 0.4) is 0 Å². The number of nitrogens with two attached hydrogens (primary N) is 1. The first kappa shape index (κ1) is 14.1. The van der Waals surface area contributed by atoms with Crippen molar-refractivity contribution in [2.45, 2.75) is 44.0 Å². The molecule has 19 heavy (non-hydrogen) atoms. The summed E-state index contributed by atoms with van der Waals surface area (Å²) in [6.07, 6.45) is -1.48. The summed E-state index contributed by atoms with van der Waals surface area (Å²) in [6.45, 7) is 0. The Hall–Kier alpha value is -1.30. The number of halogens is 4. The molecule has 0 saturated heterocycles. The van der Waals surface area contributed by atoms with E-state index >= 15 is 0 Å². The second-order valence-corrected chi connectivity index (χ2v) is 4.75. The van der Waals surface area contributed by atoms with Crippen LogP contribution >= 0.6 is 0 Å². The third-order valence-electron chi connectivity index (χ3n) is 3.29. The predicted molar refractivity (Wildman–Crippen MR) is 62.3 cm³/mol. The lowest BCUT2D eigenvalue weighted by molar-refractivity contribution is -0.137. The first-order valence-electron chi connectivity index (χ1n) is 6.17. The molecule has 0 heterocycles. The summed E-state index contributed by atoms with van der Waals surface area (Å²) in [6, 6.07) is 2.08. The Bertz CT molecular complexity index is 447. The molecular weight excluding hydrogens is 262 g/mol. The van der Waals surface area contributed by atoms with E-state index in [1.807, 2.05) is 0 Å². The van der Waals surface area contributed by atoms with Gasteiger partial charge in [0, 0.05) is 6.04 Å². The minimum atomic E-state index is -4.55. The van der Waals surface area contributed by atoms with Gasteiger partial charge in [-0.15, -0.1) is 0 Å². The zero-order valence-corrected chi connectivity index (χ0v) is 10.2. The van der Waals surface area contributed by atoms with Crippen LogP contribution in [0.4, 0.5) is 17.6 Å². The van der Waals surface area contributed by atoms with Gasteiger partial charge in [0.2, 0.25) is 0 Å². The molecule has 1 saturated carbocycles. The van der Waals surface area contributed by atoms with Gasteiger partial charge in [-0.3, -0.25) is 0 Å². The summed E-state index contributed by atoms with van der Waals surface area (Å²) in [5, 5.41) is 0. The van der Waals surface area contributed by atoms with E-state index in [2.05, 4.69) is 0 Å². The number of hydrogen-bond donors (Lipinski definition) is 1. The number of hydrogen-bond acceptors (Lipinski definition) is 2. The lowest BCUT2D eigenvalue weighted by Crippen LogP contribution is -2.41.